The highest BCUT2D eigenvalue weighted by molar-refractivity contribution is 5.94. The van der Waals surface area contributed by atoms with Crippen LogP contribution in [-0.2, 0) is 9.53 Å². The lowest BCUT2D eigenvalue weighted by Gasteiger charge is -2.22. The Balaban J connectivity index is 5.09. The van der Waals surface area contributed by atoms with E-state index in [0.717, 1.165) is 0 Å². The van der Waals surface area contributed by atoms with E-state index in [-0.39, 0.29) is 0 Å². The van der Waals surface area contributed by atoms with Crippen molar-refractivity contribution in [2.75, 3.05) is 0 Å². The third kappa shape index (κ3) is 5.70. The van der Waals surface area contributed by atoms with Gasteiger partial charge in [0.15, 0.2) is 0 Å². The molecule has 0 aromatic rings. The molecule has 0 aliphatic rings. The Morgan fingerprint density at radius 3 is 1.58 bits per heavy atom. The fraction of sp³-hybridized carbons (Fsp3) is 0.571. The van der Waals surface area contributed by atoms with Gasteiger partial charge in [0.25, 0.3) is 17.8 Å². The number of rotatable bonds is 3. The van der Waals surface area contributed by atoms with Crippen molar-refractivity contribution in [3.63, 3.8) is 0 Å². The van der Waals surface area contributed by atoms with Crippen LogP contribution in [0.1, 0.15) is 0 Å². The molecule has 0 aliphatic carbocycles. The number of ether oxygens (including phenoxy) is 1. The molecule has 0 aliphatic heterocycles. The van der Waals surface area contributed by atoms with Crippen molar-refractivity contribution in [3.8, 4) is 0 Å². The van der Waals surface area contributed by atoms with Crippen LogP contribution >= 0.6 is 0 Å². The van der Waals surface area contributed by atoms with Gasteiger partial charge in [0.05, 0.1) is 6.08 Å². The van der Waals surface area contributed by atoms with Crippen molar-refractivity contribution in [2.24, 2.45) is 0 Å². The average molecular weight is 306 g/mol. The average Bonchev–Trinajstić information content (AvgIpc) is 2.08. The van der Waals surface area contributed by atoms with Crippen LogP contribution in [-0.4, -0.2) is 35.5 Å². The van der Waals surface area contributed by atoms with Crippen LogP contribution in [0, 0.1) is 0 Å². The minimum absolute atomic E-state index is 0.940. The molecule has 1 N–H and O–H groups in total. The maximum Gasteiger partial charge on any atom is 0.454 e. The Kier molecular flexibility index (Phi) is 4.73. The molecule has 0 aromatic heterocycles. The summed E-state index contributed by atoms with van der Waals surface area (Å²) in [5.41, 5.74) is 0. The predicted octanol–water partition coefficient (Wildman–Crippen LogP) is 3.03. The monoisotopic (exact) mass is 306 g/mol. The Labute approximate surface area is 97.8 Å². The second-order valence-electron chi connectivity index (χ2n) is 2.93. The van der Waals surface area contributed by atoms with E-state index in [9.17, 15) is 44.3 Å². The van der Waals surface area contributed by atoms with Gasteiger partial charge >= 0.3 is 18.5 Å². The molecule has 112 valence electrons. The number of ketones is 1. The van der Waals surface area contributed by atoms with Crippen LogP contribution in [0.15, 0.2) is 12.0 Å². The molecule has 3 nitrogen and oxygen atoms in total. The molecule has 0 saturated carbocycles. The second kappa shape index (κ2) is 5.17. The van der Waals surface area contributed by atoms with Crippen molar-refractivity contribution in [3.05, 3.63) is 12.0 Å². The zero-order chi connectivity index (χ0) is 15.6. The summed E-state index contributed by atoms with van der Waals surface area (Å²) in [6.07, 6.45) is -23.2. The van der Waals surface area contributed by atoms with Gasteiger partial charge in [-0.3, -0.25) is 4.79 Å². The minimum atomic E-state index is -6.04. The molecule has 0 bridgehead atoms. The van der Waals surface area contributed by atoms with Gasteiger partial charge in [0.1, 0.15) is 0 Å². The number of carbonyl (C=O) groups excluding carboxylic acids is 1. The van der Waals surface area contributed by atoms with Gasteiger partial charge in [0, 0.05) is 0 Å². The molecule has 0 unspecified atom stereocenters. The first-order valence-electron chi connectivity index (χ1n) is 3.97. The van der Waals surface area contributed by atoms with E-state index in [1.54, 1.807) is 0 Å². The van der Waals surface area contributed by atoms with E-state index in [1.807, 2.05) is 0 Å². The van der Waals surface area contributed by atoms with E-state index in [4.69, 9.17) is 5.11 Å². The normalized spacial score (nSPS) is 14.7. The minimum Gasteiger partial charge on any atom is -0.481 e. The highest BCUT2D eigenvalue weighted by Gasteiger charge is 2.59. The molecule has 0 fully saturated rings. The molecule has 0 aromatic carbocycles. The predicted molar refractivity (Wildman–Crippen MR) is 38.8 cm³/mol. The molecule has 0 atom stereocenters. The van der Waals surface area contributed by atoms with Gasteiger partial charge in [-0.25, -0.2) is 0 Å². The van der Waals surface area contributed by atoms with Gasteiger partial charge in [-0.05, 0) is 0 Å². The Bertz CT molecular complexity index is 347. The van der Waals surface area contributed by atoms with Crippen LogP contribution in [0.25, 0.3) is 0 Å². The summed E-state index contributed by atoms with van der Waals surface area (Å²) in [6, 6.07) is 0. The van der Waals surface area contributed by atoms with Gasteiger partial charge in [-0.1, -0.05) is 0 Å². The van der Waals surface area contributed by atoms with E-state index >= 15 is 0 Å². The highest BCUT2D eigenvalue weighted by Crippen LogP contribution is 2.36. The number of halogens is 9. The fourth-order valence-corrected chi connectivity index (χ4v) is 0.668. The number of allylic oxidation sites excluding steroid dienone is 1. The summed E-state index contributed by atoms with van der Waals surface area (Å²) in [4.78, 5) is 10.2. The lowest BCUT2D eigenvalue weighted by atomic mass is 10.3. The van der Waals surface area contributed by atoms with E-state index in [0.29, 0.717) is 0 Å². The van der Waals surface area contributed by atoms with E-state index < -0.39 is 42.4 Å². The highest BCUT2D eigenvalue weighted by atomic mass is 19.4. The van der Waals surface area contributed by atoms with Crippen LogP contribution in [0.3, 0.4) is 0 Å². The smallest absolute Gasteiger partial charge is 0.454 e. The maximum absolute atomic E-state index is 11.9. The Morgan fingerprint density at radius 2 is 1.32 bits per heavy atom. The molecule has 0 spiro atoms. The quantitative estimate of drug-likeness (QED) is 0.495. The van der Waals surface area contributed by atoms with Gasteiger partial charge in [0.2, 0.25) is 0 Å². The van der Waals surface area contributed by atoms with Crippen molar-refractivity contribution in [1.29, 1.82) is 0 Å². The second-order valence-corrected chi connectivity index (χ2v) is 2.93. The lowest BCUT2D eigenvalue weighted by Crippen LogP contribution is -2.44. The van der Waals surface area contributed by atoms with Gasteiger partial charge in [-0.15, -0.1) is 0 Å². The van der Waals surface area contributed by atoms with Crippen molar-refractivity contribution in [2.45, 2.75) is 24.6 Å². The van der Waals surface area contributed by atoms with Crippen molar-refractivity contribution >= 4 is 5.78 Å². The number of alkyl halides is 9. The van der Waals surface area contributed by atoms with Crippen LogP contribution in [0.5, 0.6) is 0 Å². The Hall–Kier alpha value is -1.62. The SMILES string of the molecule is O=C(/C=C(\O)OC(C(F)(F)F)C(F)(F)F)C(F)(F)F. The molecule has 0 rings (SSSR count). The largest absolute Gasteiger partial charge is 0.481 e. The molecule has 0 heterocycles. The standard InChI is InChI=1S/C7H3F9O3/c8-5(9,10)2(17)1-3(18)19-4(6(11,12)13)7(14,15)16/h1,4,18H/b3-1+. The first kappa shape index (κ1) is 17.4. The van der Waals surface area contributed by atoms with Crippen molar-refractivity contribution < 1.29 is 54.2 Å². The zero-order valence-corrected chi connectivity index (χ0v) is 8.32. The molecule has 0 radical (unpaired) electrons. The van der Waals surface area contributed by atoms with E-state index in [1.165, 1.54) is 0 Å². The molecular weight excluding hydrogens is 303 g/mol. The van der Waals surface area contributed by atoms with Gasteiger partial charge in [-0.2, -0.15) is 39.5 Å². The third-order valence-corrected chi connectivity index (χ3v) is 1.37. The topological polar surface area (TPSA) is 46.5 Å². The lowest BCUT2D eigenvalue weighted by molar-refractivity contribution is -0.319. The number of hydrogen-bond donors (Lipinski definition) is 1. The summed E-state index contributed by atoms with van der Waals surface area (Å²) in [7, 11) is 0. The first-order valence-corrected chi connectivity index (χ1v) is 3.97. The molecule has 0 amide bonds. The maximum atomic E-state index is 11.9. The molecular formula is C7H3F9O3. The fourth-order valence-electron chi connectivity index (χ4n) is 0.668. The summed E-state index contributed by atoms with van der Waals surface area (Å²) in [6.45, 7) is 0. The number of aliphatic hydroxyl groups is 1. The van der Waals surface area contributed by atoms with E-state index in [2.05, 4.69) is 4.74 Å². The van der Waals surface area contributed by atoms with Crippen LogP contribution in [0.2, 0.25) is 0 Å². The summed E-state index contributed by atoms with van der Waals surface area (Å²) >= 11 is 0. The Morgan fingerprint density at radius 1 is 0.947 bits per heavy atom. The summed E-state index contributed by atoms with van der Waals surface area (Å²) in [5, 5.41) is 8.40. The summed E-state index contributed by atoms with van der Waals surface area (Å²) in [5.74, 6) is -5.34. The molecule has 0 saturated heterocycles. The number of hydrogen-bond acceptors (Lipinski definition) is 3. The molecule has 12 heteroatoms. The zero-order valence-electron chi connectivity index (χ0n) is 8.32. The number of aliphatic hydroxyl groups excluding tert-OH is 1. The van der Waals surface area contributed by atoms with Crippen molar-refractivity contribution in [1.82, 2.24) is 0 Å². The summed E-state index contributed by atoms with van der Waals surface area (Å²) < 4.78 is 109. The first-order chi connectivity index (χ1) is 8.15. The molecule has 19 heavy (non-hydrogen) atoms. The third-order valence-electron chi connectivity index (χ3n) is 1.37. The van der Waals surface area contributed by atoms with Gasteiger partial charge < -0.3 is 9.84 Å². The number of carbonyl (C=O) groups is 1. The van der Waals surface area contributed by atoms with Crippen LogP contribution in [0.4, 0.5) is 39.5 Å². The van der Waals surface area contributed by atoms with Crippen LogP contribution < -0.4 is 0 Å².